The predicted molar refractivity (Wildman–Crippen MR) is 63.3 cm³/mol. The predicted octanol–water partition coefficient (Wildman–Crippen LogP) is -1.89. The van der Waals surface area contributed by atoms with E-state index in [1.165, 1.54) is 21.4 Å². The summed E-state index contributed by atoms with van der Waals surface area (Å²) in [7, 11) is 0. The maximum Gasteiger partial charge on any atom is 0.357 e. The van der Waals surface area contributed by atoms with Gasteiger partial charge in [0.2, 0.25) is 11.7 Å². The molecule has 0 aromatic carbocycles. The maximum atomic E-state index is 11.6. The van der Waals surface area contributed by atoms with E-state index in [4.69, 9.17) is 10.5 Å². The Morgan fingerprint density at radius 1 is 1.32 bits per heavy atom. The quantitative estimate of drug-likeness (QED) is 0.551. The van der Waals surface area contributed by atoms with Gasteiger partial charge in [0.1, 0.15) is 12.2 Å². The Kier molecular flexibility index (Phi) is 2.55. The van der Waals surface area contributed by atoms with Crippen molar-refractivity contribution in [1.82, 2.24) is 18.9 Å². The normalized spacial score (nSPS) is 31.1. The van der Waals surface area contributed by atoms with Gasteiger partial charge in [0.15, 0.2) is 6.23 Å². The van der Waals surface area contributed by atoms with Gasteiger partial charge in [-0.25, -0.2) is 9.20 Å². The van der Waals surface area contributed by atoms with Crippen LogP contribution in [0, 0.1) is 0 Å². The average Bonchev–Trinajstić information content (AvgIpc) is 2.86. The van der Waals surface area contributed by atoms with Crippen LogP contribution in [0.25, 0.3) is 5.78 Å². The zero-order valence-corrected chi connectivity index (χ0v) is 10.0. The number of rotatable bonds is 1. The third-order valence-corrected chi connectivity index (χ3v) is 3.20. The Morgan fingerprint density at radius 3 is 2.68 bits per heavy atom. The van der Waals surface area contributed by atoms with E-state index in [2.05, 4.69) is 9.97 Å². The van der Waals surface area contributed by atoms with Crippen molar-refractivity contribution in [2.24, 2.45) is 0 Å². The van der Waals surface area contributed by atoms with Crippen LogP contribution in [0.1, 0.15) is 13.2 Å². The molecule has 3 rings (SSSR count). The van der Waals surface area contributed by atoms with Crippen LogP contribution in [-0.4, -0.2) is 47.5 Å². The number of hydrogen-bond acceptors (Lipinski definition) is 7. The first-order valence-electron chi connectivity index (χ1n) is 5.73. The molecule has 1 aliphatic rings. The van der Waals surface area contributed by atoms with Crippen LogP contribution < -0.4 is 11.4 Å². The van der Waals surface area contributed by atoms with Crippen molar-refractivity contribution in [3.8, 4) is 0 Å². The number of nitrogens with zero attached hydrogens (tertiary/aromatic N) is 4. The number of aromatic nitrogens is 4. The molecule has 19 heavy (non-hydrogen) atoms. The summed E-state index contributed by atoms with van der Waals surface area (Å²) in [4.78, 5) is 19.0. The molecule has 1 unspecified atom stereocenters. The van der Waals surface area contributed by atoms with E-state index in [-0.39, 0.29) is 11.7 Å². The molecule has 1 aliphatic heterocycles. The molecular weight excluding hydrogens is 254 g/mol. The lowest BCUT2D eigenvalue weighted by Gasteiger charge is -2.16. The van der Waals surface area contributed by atoms with Crippen LogP contribution in [-0.2, 0) is 4.74 Å². The van der Waals surface area contributed by atoms with Gasteiger partial charge in [-0.15, -0.1) is 0 Å². The minimum Gasteiger partial charge on any atom is -0.388 e. The van der Waals surface area contributed by atoms with Gasteiger partial charge in [-0.05, 0) is 6.92 Å². The summed E-state index contributed by atoms with van der Waals surface area (Å²) in [5.74, 6) is 0.0360. The Bertz CT molecular complexity index is 680. The van der Waals surface area contributed by atoms with Crippen molar-refractivity contribution in [2.45, 2.75) is 31.5 Å². The van der Waals surface area contributed by atoms with Crippen LogP contribution in [0.15, 0.2) is 17.2 Å². The standard InChI is InChI=1S/C10H13N5O4/c1-4-5(16)6(17)7(19-4)14-2-3-15-9(14)12-8(11)13-10(15)18/h2-7,16-17H,1H3,(H2,11,13,18)/t4-,5+,6?,7-/m1/s1. The second kappa shape index (κ2) is 4.02. The summed E-state index contributed by atoms with van der Waals surface area (Å²) in [5, 5.41) is 19.6. The number of anilines is 1. The largest absolute Gasteiger partial charge is 0.388 e. The number of imidazole rings is 1. The molecule has 102 valence electrons. The summed E-state index contributed by atoms with van der Waals surface area (Å²) in [5.41, 5.74) is 4.87. The van der Waals surface area contributed by atoms with Gasteiger partial charge in [-0.2, -0.15) is 9.97 Å². The molecule has 1 saturated heterocycles. The highest BCUT2D eigenvalue weighted by Gasteiger charge is 2.41. The molecular formula is C10H13N5O4. The van der Waals surface area contributed by atoms with Crippen LogP contribution in [0.5, 0.6) is 0 Å². The Balaban J connectivity index is 2.14. The van der Waals surface area contributed by atoms with Crippen LogP contribution >= 0.6 is 0 Å². The Labute approximate surface area is 106 Å². The van der Waals surface area contributed by atoms with Crippen molar-refractivity contribution >= 4 is 11.7 Å². The fourth-order valence-corrected chi connectivity index (χ4v) is 2.19. The van der Waals surface area contributed by atoms with E-state index in [9.17, 15) is 15.0 Å². The smallest absolute Gasteiger partial charge is 0.357 e. The number of nitrogens with two attached hydrogens (primary N) is 1. The second-order valence-electron chi connectivity index (χ2n) is 4.45. The maximum absolute atomic E-state index is 11.6. The molecule has 9 heteroatoms. The monoisotopic (exact) mass is 267 g/mol. The molecule has 0 amide bonds. The van der Waals surface area contributed by atoms with Crippen LogP contribution in [0.3, 0.4) is 0 Å². The Hall–Kier alpha value is -1.97. The van der Waals surface area contributed by atoms with Gasteiger partial charge in [0, 0.05) is 12.4 Å². The topological polar surface area (TPSA) is 128 Å². The van der Waals surface area contributed by atoms with Gasteiger partial charge in [0.25, 0.3) is 0 Å². The second-order valence-corrected chi connectivity index (χ2v) is 4.45. The van der Waals surface area contributed by atoms with E-state index in [0.717, 1.165) is 0 Å². The molecule has 4 atom stereocenters. The number of hydrogen-bond donors (Lipinski definition) is 3. The van der Waals surface area contributed by atoms with Crippen LogP contribution in [0.4, 0.5) is 5.95 Å². The van der Waals surface area contributed by atoms with E-state index in [1.807, 2.05) is 0 Å². The highest BCUT2D eigenvalue weighted by Crippen LogP contribution is 2.29. The fraction of sp³-hybridized carbons (Fsp3) is 0.500. The molecule has 0 bridgehead atoms. The van der Waals surface area contributed by atoms with E-state index >= 15 is 0 Å². The molecule has 9 nitrogen and oxygen atoms in total. The zero-order chi connectivity index (χ0) is 13.7. The number of aliphatic hydroxyl groups is 2. The van der Waals surface area contributed by atoms with Gasteiger partial charge < -0.3 is 20.7 Å². The summed E-state index contributed by atoms with van der Waals surface area (Å²) >= 11 is 0. The third kappa shape index (κ3) is 1.70. The lowest BCUT2D eigenvalue weighted by molar-refractivity contribution is -0.0299. The van der Waals surface area contributed by atoms with Crippen molar-refractivity contribution in [3.05, 3.63) is 22.9 Å². The number of aliphatic hydroxyl groups excluding tert-OH is 2. The summed E-state index contributed by atoms with van der Waals surface area (Å²) in [6.07, 6.45) is -0.501. The van der Waals surface area contributed by atoms with Crippen LogP contribution in [0.2, 0.25) is 0 Å². The highest BCUT2D eigenvalue weighted by atomic mass is 16.6. The molecule has 0 spiro atoms. The molecule has 0 radical (unpaired) electrons. The molecule has 0 aliphatic carbocycles. The summed E-state index contributed by atoms with van der Waals surface area (Å²) in [6.45, 7) is 1.65. The number of ether oxygens (including phenoxy) is 1. The average molecular weight is 267 g/mol. The minimum absolute atomic E-state index is 0.161. The first-order valence-corrected chi connectivity index (χ1v) is 5.73. The number of fused-ring (bicyclic) bond motifs is 1. The lowest BCUT2D eigenvalue weighted by atomic mass is 10.1. The van der Waals surface area contributed by atoms with Crippen molar-refractivity contribution in [3.63, 3.8) is 0 Å². The van der Waals surface area contributed by atoms with Crippen molar-refractivity contribution in [2.75, 3.05) is 5.73 Å². The van der Waals surface area contributed by atoms with Crippen molar-refractivity contribution in [1.29, 1.82) is 0 Å². The van der Waals surface area contributed by atoms with E-state index in [0.29, 0.717) is 0 Å². The zero-order valence-electron chi connectivity index (χ0n) is 10.0. The van der Waals surface area contributed by atoms with E-state index in [1.54, 1.807) is 6.92 Å². The first kappa shape index (κ1) is 12.1. The summed E-state index contributed by atoms with van der Waals surface area (Å²) < 4.78 is 8.09. The van der Waals surface area contributed by atoms with E-state index < -0.39 is 30.2 Å². The lowest BCUT2D eigenvalue weighted by Crippen LogP contribution is -2.30. The SMILES string of the molecule is C[C@H]1O[C@@H](n2ccn3c(=O)nc(N)nc23)C(O)[C@H]1O. The van der Waals surface area contributed by atoms with Gasteiger partial charge in [-0.3, -0.25) is 4.57 Å². The molecule has 1 fully saturated rings. The summed E-state index contributed by atoms with van der Waals surface area (Å²) in [6, 6.07) is 0. The van der Waals surface area contributed by atoms with Gasteiger partial charge >= 0.3 is 5.69 Å². The van der Waals surface area contributed by atoms with Crippen molar-refractivity contribution < 1.29 is 14.9 Å². The minimum atomic E-state index is -1.11. The fourth-order valence-electron chi connectivity index (χ4n) is 2.19. The van der Waals surface area contributed by atoms with Gasteiger partial charge in [-0.1, -0.05) is 0 Å². The molecule has 3 heterocycles. The first-order chi connectivity index (χ1) is 8.99. The third-order valence-electron chi connectivity index (χ3n) is 3.20. The van der Waals surface area contributed by atoms with Gasteiger partial charge in [0.05, 0.1) is 6.10 Å². The molecule has 0 saturated carbocycles. The molecule has 2 aromatic rings. The highest BCUT2D eigenvalue weighted by molar-refractivity contribution is 5.35. The molecule has 4 N–H and O–H groups in total. The Morgan fingerprint density at radius 2 is 2.05 bits per heavy atom. The molecule has 2 aromatic heterocycles. The number of nitrogen functional groups attached to an aromatic ring is 1.